The third kappa shape index (κ3) is 5.37. The van der Waals surface area contributed by atoms with Gasteiger partial charge >= 0.3 is 0 Å². The molecule has 0 bridgehead atoms. The molecule has 0 radical (unpaired) electrons. The van der Waals surface area contributed by atoms with E-state index in [2.05, 4.69) is 24.1 Å². The molecule has 0 aromatic carbocycles. The minimum atomic E-state index is 0.0117. The first kappa shape index (κ1) is 20.9. The van der Waals surface area contributed by atoms with Crippen molar-refractivity contribution in [2.24, 2.45) is 5.92 Å². The minimum Gasteiger partial charge on any atom is -0.366 e. The standard InChI is InChI=1S/C21H31ClN4O2/c1-15(2)12-19(27)25-10-6-17(7-11-25)24-20-18(22)13-16(14-23-20)21(28)26-8-4-3-5-9-26/h13-15,17H,3-12H2,1-2H3,(H,23,24). The van der Waals surface area contributed by atoms with E-state index >= 15 is 0 Å². The highest BCUT2D eigenvalue weighted by molar-refractivity contribution is 6.33. The van der Waals surface area contributed by atoms with Crippen molar-refractivity contribution in [2.45, 2.75) is 58.4 Å². The van der Waals surface area contributed by atoms with Crippen LogP contribution in [0.4, 0.5) is 5.82 Å². The predicted molar refractivity (Wildman–Crippen MR) is 112 cm³/mol. The lowest BCUT2D eigenvalue weighted by Crippen LogP contribution is -2.42. The highest BCUT2D eigenvalue weighted by Gasteiger charge is 2.24. The molecule has 1 aromatic heterocycles. The molecule has 28 heavy (non-hydrogen) atoms. The van der Waals surface area contributed by atoms with E-state index in [1.807, 2.05) is 9.80 Å². The van der Waals surface area contributed by atoms with Crippen molar-refractivity contribution in [3.8, 4) is 0 Å². The Balaban J connectivity index is 1.54. The normalized spacial score (nSPS) is 18.4. The van der Waals surface area contributed by atoms with E-state index < -0.39 is 0 Å². The molecule has 0 spiro atoms. The molecule has 0 unspecified atom stereocenters. The zero-order valence-corrected chi connectivity index (χ0v) is 17.7. The van der Waals surface area contributed by atoms with Gasteiger partial charge in [0.2, 0.25) is 5.91 Å². The van der Waals surface area contributed by atoms with Crippen molar-refractivity contribution in [3.63, 3.8) is 0 Å². The maximum Gasteiger partial charge on any atom is 0.255 e. The number of piperidine rings is 2. The molecule has 2 fully saturated rings. The van der Waals surface area contributed by atoms with Gasteiger partial charge in [0.25, 0.3) is 5.91 Å². The topological polar surface area (TPSA) is 65.5 Å². The number of rotatable bonds is 5. The molecule has 1 aromatic rings. The molecule has 2 aliphatic heterocycles. The summed E-state index contributed by atoms with van der Waals surface area (Å²) in [7, 11) is 0. The number of aromatic nitrogens is 1. The Morgan fingerprint density at radius 3 is 2.43 bits per heavy atom. The Hall–Kier alpha value is -1.82. The van der Waals surface area contributed by atoms with E-state index in [9.17, 15) is 9.59 Å². The summed E-state index contributed by atoms with van der Waals surface area (Å²) in [4.78, 5) is 33.0. The summed E-state index contributed by atoms with van der Waals surface area (Å²) < 4.78 is 0. The fourth-order valence-corrected chi connectivity index (χ4v) is 4.11. The van der Waals surface area contributed by atoms with Gasteiger partial charge < -0.3 is 15.1 Å². The van der Waals surface area contributed by atoms with Crippen LogP contribution in [0.15, 0.2) is 12.3 Å². The van der Waals surface area contributed by atoms with E-state index in [0.717, 1.165) is 51.9 Å². The zero-order valence-electron chi connectivity index (χ0n) is 16.9. The first-order chi connectivity index (χ1) is 13.4. The molecule has 7 heteroatoms. The number of nitrogens with one attached hydrogen (secondary N) is 1. The Kier molecular flexibility index (Phi) is 7.16. The summed E-state index contributed by atoms with van der Waals surface area (Å²) in [5, 5.41) is 3.86. The Morgan fingerprint density at radius 2 is 1.82 bits per heavy atom. The fraction of sp³-hybridized carbons (Fsp3) is 0.667. The lowest BCUT2D eigenvalue weighted by molar-refractivity contribution is -0.132. The molecule has 6 nitrogen and oxygen atoms in total. The third-order valence-corrected chi connectivity index (χ3v) is 5.79. The predicted octanol–water partition coefficient (Wildman–Crippen LogP) is 3.81. The molecule has 0 atom stereocenters. The van der Waals surface area contributed by atoms with E-state index in [0.29, 0.717) is 28.7 Å². The summed E-state index contributed by atoms with van der Waals surface area (Å²) in [5.41, 5.74) is 0.548. The quantitative estimate of drug-likeness (QED) is 0.807. The van der Waals surface area contributed by atoms with Crippen molar-refractivity contribution >= 4 is 29.2 Å². The van der Waals surface area contributed by atoms with E-state index in [1.54, 1.807) is 12.3 Å². The summed E-state index contributed by atoms with van der Waals surface area (Å²) in [6.07, 6.45) is 7.28. The molecule has 2 saturated heterocycles. The number of hydrogen-bond acceptors (Lipinski definition) is 4. The second-order valence-corrected chi connectivity index (χ2v) is 8.71. The number of anilines is 1. The Labute approximate surface area is 172 Å². The van der Waals surface area contributed by atoms with E-state index in [-0.39, 0.29) is 17.9 Å². The van der Waals surface area contributed by atoms with Crippen LogP contribution in [0, 0.1) is 5.92 Å². The lowest BCUT2D eigenvalue weighted by Gasteiger charge is -2.33. The zero-order chi connectivity index (χ0) is 20.1. The minimum absolute atomic E-state index is 0.0117. The van der Waals surface area contributed by atoms with Crippen molar-refractivity contribution in [3.05, 3.63) is 22.8 Å². The second kappa shape index (κ2) is 9.59. The van der Waals surface area contributed by atoms with Gasteiger partial charge in [-0.15, -0.1) is 0 Å². The van der Waals surface area contributed by atoms with Crippen LogP contribution in [0.1, 0.15) is 62.7 Å². The molecule has 154 valence electrons. The van der Waals surface area contributed by atoms with Gasteiger partial charge in [-0.1, -0.05) is 25.4 Å². The van der Waals surface area contributed by atoms with Gasteiger partial charge in [0.05, 0.1) is 10.6 Å². The lowest BCUT2D eigenvalue weighted by atomic mass is 10.0. The van der Waals surface area contributed by atoms with Gasteiger partial charge in [-0.05, 0) is 44.1 Å². The van der Waals surface area contributed by atoms with Gasteiger partial charge in [0.15, 0.2) is 0 Å². The molecule has 1 N–H and O–H groups in total. The highest BCUT2D eigenvalue weighted by Crippen LogP contribution is 2.25. The van der Waals surface area contributed by atoms with Crippen LogP contribution in [0.2, 0.25) is 5.02 Å². The number of pyridine rings is 1. The number of carbonyl (C=O) groups excluding carboxylic acids is 2. The van der Waals surface area contributed by atoms with Crippen LogP contribution in [-0.2, 0) is 4.79 Å². The summed E-state index contributed by atoms with van der Waals surface area (Å²) in [5.74, 6) is 1.25. The second-order valence-electron chi connectivity index (χ2n) is 8.30. The Bertz CT molecular complexity index is 696. The van der Waals surface area contributed by atoms with Crippen molar-refractivity contribution in [2.75, 3.05) is 31.5 Å². The molecular formula is C21H31ClN4O2. The SMILES string of the molecule is CC(C)CC(=O)N1CCC(Nc2ncc(C(=O)N3CCCCC3)cc2Cl)CC1. The number of amides is 2. The van der Waals surface area contributed by atoms with Gasteiger partial charge in [-0.25, -0.2) is 4.98 Å². The molecule has 2 amide bonds. The van der Waals surface area contributed by atoms with Crippen LogP contribution in [0.3, 0.4) is 0 Å². The maximum absolute atomic E-state index is 12.6. The summed E-state index contributed by atoms with van der Waals surface area (Å²) in [6.45, 7) is 7.27. The Morgan fingerprint density at radius 1 is 1.14 bits per heavy atom. The largest absolute Gasteiger partial charge is 0.366 e. The molecular weight excluding hydrogens is 376 g/mol. The molecule has 2 aliphatic rings. The van der Waals surface area contributed by atoms with E-state index in [4.69, 9.17) is 11.6 Å². The smallest absolute Gasteiger partial charge is 0.255 e. The number of likely N-dealkylation sites (tertiary alicyclic amines) is 2. The van der Waals surface area contributed by atoms with Crippen LogP contribution in [-0.4, -0.2) is 58.8 Å². The van der Waals surface area contributed by atoms with Gasteiger partial charge in [-0.3, -0.25) is 9.59 Å². The summed E-state index contributed by atoms with van der Waals surface area (Å²) >= 11 is 6.41. The van der Waals surface area contributed by atoms with Crippen LogP contribution in [0.5, 0.6) is 0 Å². The molecule has 3 rings (SSSR count). The molecule has 3 heterocycles. The molecule has 0 aliphatic carbocycles. The maximum atomic E-state index is 12.6. The van der Waals surface area contributed by atoms with Crippen molar-refractivity contribution < 1.29 is 9.59 Å². The molecule has 0 saturated carbocycles. The van der Waals surface area contributed by atoms with Crippen LogP contribution >= 0.6 is 11.6 Å². The van der Waals surface area contributed by atoms with Crippen LogP contribution < -0.4 is 5.32 Å². The van der Waals surface area contributed by atoms with E-state index in [1.165, 1.54) is 6.42 Å². The average Bonchev–Trinajstić information content (AvgIpc) is 2.69. The monoisotopic (exact) mass is 406 g/mol. The van der Waals surface area contributed by atoms with Crippen molar-refractivity contribution in [1.82, 2.24) is 14.8 Å². The summed E-state index contributed by atoms with van der Waals surface area (Å²) in [6, 6.07) is 1.95. The van der Waals surface area contributed by atoms with Gasteiger partial charge in [0, 0.05) is 44.8 Å². The third-order valence-electron chi connectivity index (χ3n) is 5.50. The number of hydrogen-bond donors (Lipinski definition) is 1. The average molecular weight is 407 g/mol. The number of nitrogens with zero attached hydrogens (tertiary/aromatic N) is 3. The van der Waals surface area contributed by atoms with Gasteiger partial charge in [-0.2, -0.15) is 0 Å². The van der Waals surface area contributed by atoms with Crippen molar-refractivity contribution in [1.29, 1.82) is 0 Å². The first-order valence-electron chi connectivity index (χ1n) is 10.4. The fourth-order valence-electron chi connectivity index (χ4n) is 3.89. The first-order valence-corrected chi connectivity index (χ1v) is 10.8. The van der Waals surface area contributed by atoms with Crippen LogP contribution in [0.25, 0.3) is 0 Å². The number of halogens is 1. The highest BCUT2D eigenvalue weighted by atomic mass is 35.5. The van der Waals surface area contributed by atoms with Gasteiger partial charge in [0.1, 0.15) is 5.82 Å². The number of carbonyl (C=O) groups is 2.